The number of anilines is 2. The fraction of sp³-hybridized carbons (Fsp3) is 0.545. The standard InChI is InChI=1S/C11H20N6O/c1-2-8-10(15-7-16-11(8)17-13)14-6-4-3-5-9(12)18/h7H,2-6,13H2,1H3,(H2,12,18)(H2,14,15,16,17). The van der Waals surface area contributed by atoms with Crippen molar-refractivity contribution in [3.63, 3.8) is 0 Å². The third kappa shape index (κ3) is 4.17. The number of nitrogens with one attached hydrogen (secondary N) is 2. The minimum atomic E-state index is -0.263. The Labute approximate surface area is 106 Å². The Hall–Kier alpha value is -1.89. The Morgan fingerprint density at radius 1 is 1.33 bits per heavy atom. The summed E-state index contributed by atoms with van der Waals surface area (Å²) >= 11 is 0. The third-order valence-corrected chi connectivity index (χ3v) is 2.58. The van der Waals surface area contributed by atoms with Gasteiger partial charge in [0.05, 0.1) is 0 Å². The summed E-state index contributed by atoms with van der Waals surface area (Å²) in [6.45, 7) is 2.75. The van der Waals surface area contributed by atoms with Gasteiger partial charge in [0.2, 0.25) is 5.91 Å². The van der Waals surface area contributed by atoms with E-state index < -0.39 is 0 Å². The Bertz CT molecular complexity index is 395. The molecule has 0 fully saturated rings. The molecule has 0 bridgehead atoms. The first-order chi connectivity index (χ1) is 8.69. The van der Waals surface area contributed by atoms with Crippen molar-refractivity contribution in [3.05, 3.63) is 11.9 Å². The highest BCUT2D eigenvalue weighted by atomic mass is 16.1. The van der Waals surface area contributed by atoms with Crippen molar-refractivity contribution in [2.24, 2.45) is 11.6 Å². The Morgan fingerprint density at radius 3 is 2.67 bits per heavy atom. The fourth-order valence-electron chi connectivity index (χ4n) is 1.65. The molecule has 1 amide bonds. The van der Waals surface area contributed by atoms with E-state index in [2.05, 4.69) is 20.7 Å². The smallest absolute Gasteiger partial charge is 0.217 e. The lowest BCUT2D eigenvalue weighted by atomic mass is 10.2. The molecule has 1 rings (SSSR count). The van der Waals surface area contributed by atoms with E-state index in [1.165, 1.54) is 6.33 Å². The predicted molar refractivity (Wildman–Crippen MR) is 70.8 cm³/mol. The number of primary amides is 1. The molecule has 0 saturated carbocycles. The molecule has 0 aliphatic carbocycles. The van der Waals surface area contributed by atoms with E-state index in [1.54, 1.807) is 0 Å². The van der Waals surface area contributed by atoms with Gasteiger partial charge < -0.3 is 16.5 Å². The maximum Gasteiger partial charge on any atom is 0.217 e. The average molecular weight is 252 g/mol. The lowest BCUT2D eigenvalue weighted by Crippen LogP contribution is -2.15. The number of aromatic nitrogens is 2. The van der Waals surface area contributed by atoms with Crippen LogP contribution in [0.1, 0.15) is 31.7 Å². The van der Waals surface area contributed by atoms with Crippen molar-refractivity contribution in [1.82, 2.24) is 9.97 Å². The monoisotopic (exact) mass is 252 g/mol. The van der Waals surface area contributed by atoms with E-state index in [1.807, 2.05) is 6.92 Å². The van der Waals surface area contributed by atoms with Crippen LogP contribution < -0.4 is 22.3 Å². The summed E-state index contributed by atoms with van der Waals surface area (Å²) < 4.78 is 0. The number of carbonyl (C=O) groups excluding carboxylic acids is 1. The van der Waals surface area contributed by atoms with Crippen molar-refractivity contribution >= 4 is 17.5 Å². The van der Waals surface area contributed by atoms with Crippen LogP contribution in [0.15, 0.2) is 6.33 Å². The van der Waals surface area contributed by atoms with Gasteiger partial charge in [0.15, 0.2) is 0 Å². The predicted octanol–water partition coefficient (Wildman–Crippen LogP) is 0.392. The summed E-state index contributed by atoms with van der Waals surface area (Å²) in [5.74, 6) is 6.53. The molecule has 0 unspecified atom stereocenters. The average Bonchev–Trinajstić information content (AvgIpc) is 2.37. The van der Waals surface area contributed by atoms with Gasteiger partial charge in [-0.25, -0.2) is 15.8 Å². The van der Waals surface area contributed by atoms with Crippen molar-refractivity contribution in [2.75, 3.05) is 17.3 Å². The Balaban J connectivity index is 2.49. The van der Waals surface area contributed by atoms with E-state index in [9.17, 15) is 4.79 Å². The van der Waals surface area contributed by atoms with Gasteiger partial charge in [-0.2, -0.15) is 0 Å². The topological polar surface area (TPSA) is 119 Å². The number of hydrogen-bond donors (Lipinski definition) is 4. The first-order valence-corrected chi connectivity index (χ1v) is 6.01. The first-order valence-electron chi connectivity index (χ1n) is 6.01. The Kier molecular flexibility index (Phi) is 5.86. The van der Waals surface area contributed by atoms with Gasteiger partial charge in [-0.1, -0.05) is 6.92 Å². The molecule has 0 saturated heterocycles. The zero-order chi connectivity index (χ0) is 13.4. The number of carbonyl (C=O) groups is 1. The first kappa shape index (κ1) is 14.2. The molecule has 1 aromatic heterocycles. The van der Waals surface area contributed by atoms with Gasteiger partial charge in [-0.05, 0) is 19.3 Å². The van der Waals surface area contributed by atoms with Gasteiger partial charge in [0.25, 0.3) is 0 Å². The summed E-state index contributed by atoms with van der Waals surface area (Å²) in [6.07, 6.45) is 4.30. The molecule has 0 atom stereocenters. The van der Waals surface area contributed by atoms with Crippen LogP contribution in [0.4, 0.5) is 11.6 Å². The lowest BCUT2D eigenvalue weighted by Gasteiger charge is -2.12. The maximum atomic E-state index is 10.6. The number of nitrogen functional groups attached to an aromatic ring is 1. The molecule has 7 nitrogen and oxygen atoms in total. The molecule has 100 valence electrons. The van der Waals surface area contributed by atoms with Crippen LogP contribution in [0.3, 0.4) is 0 Å². The molecular formula is C11H20N6O. The maximum absolute atomic E-state index is 10.6. The third-order valence-electron chi connectivity index (χ3n) is 2.58. The van der Waals surface area contributed by atoms with E-state index in [0.717, 1.165) is 37.2 Å². The molecule has 0 aromatic carbocycles. The van der Waals surface area contributed by atoms with Crippen LogP contribution in [0.2, 0.25) is 0 Å². The highest BCUT2D eigenvalue weighted by Gasteiger charge is 2.07. The van der Waals surface area contributed by atoms with Gasteiger partial charge >= 0.3 is 0 Å². The van der Waals surface area contributed by atoms with Crippen molar-refractivity contribution in [1.29, 1.82) is 0 Å². The van der Waals surface area contributed by atoms with Crippen molar-refractivity contribution in [2.45, 2.75) is 32.6 Å². The van der Waals surface area contributed by atoms with E-state index >= 15 is 0 Å². The summed E-state index contributed by atoms with van der Waals surface area (Å²) in [7, 11) is 0. The second kappa shape index (κ2) is 7.44. The summed E-state index contributed by atoms with van der Waals surface area (Å²) in [6, 6.07) is 0. The molecule has 0 radical (unpaired) electrons. The SMILES string of the molecule is CCc1c(NN)ncnc1NCCCCC(N)=O. The molecule has 1 heterocycles. The minimum absolute atomic E-state index is 0.263. The zero-order valence-corrected chi connectivity index (χ0v) is 10.6. The number of nitrogens with zero attached hydrogens (tertiary/aromatic N) is 2. The molecule has 0 spiro atoms. The molecule has 7 heteroatoms. The summed E-state index contributed by atoms with van der Waals surface area (Å²) in [4.78, 5) is 18.8. The van der Waals surface area contributed by atoms with Crippen molar-refractivity contribution in [3.8, 4) is 0 Å². The van der Waals surface area contributed by atoms with Crippen LogP contribution in [-0.4, -0.2) is 22.4 Å². The number of amides is 1. The van der Waals surface area contributed by atoms with Gasteiger partial charge in [0.1, 0.15) is 18.0 Å². The van der Waals surface area contributed by atoms with E-state index in [0.29, 0.717) is 12.2 Å². The van der Waals surface area contributed by atoms with Crippen LogP contribution in [0, 0.1) is 0 Å². The number of nitrogens with two attached hydrogens (primary N) is 2. The van der Waals surface area contributed by atoms with E-state index in [4.69, 9.17) is 11.6 Å². The highest BCUT2D eigenvalue weighted by molar-refractivity contribution is 5.73. The molecule has 0 aliphatic heterocycles. The van der Waals surface area contributed by atoms with Crippen LogP contribution in [0.5, 0.6) is 0 Å². The van der Waals surface area contributed by atoms with Gasteiger partial charge in [0, 0.05) is 18.5 Å². The lowest BCUT2D eigenvalue weighted by molar-refractivity contribution is -0.118. The molecule has 0 aliphatic rings. The number of hydrogen-bond acceptors (Lipinski definition) is 6. The fourth-order valence-corrected chi connectivity index (χ4v) is 1.65. The Morgan fingerprint density at radius 2 is 2.06 bits per heavy atom. The van der Waals surface area contributed by atoms with Gasteiger partial charge in [-0.3, -0.25) is 4.79 Å². The molecule has 18 heavy (non-hydrogen) atoms. The highest BCUT2D eigenvalue weighted by Crippen LogP contribution is 2.19. The quantitative estimate of drug-likeness (QED) is 0.302. The van der Waals surface area contributed by atoms with Crippen LogP contribution in [-0.2, 0) is 11.2 Å². The minimum Gasteiger partial charge on any atom is -0.370 e. The second-order valence-corrected chi connectivity index (χ2v) is 3.90. The van der Waals surface area contributed by atoms with Crippen LogP contribution in [0.25, 0.3) is 0 Å². The summed E-state index contributed by atoms with van der Waals surface area (Å²) in [5, 5.41) is 3.21. The number of unbranched alkanes of at least 4 members (excludes halogenated alkanes) is 1. The van der Waals surface area contributed by atoms with E-state index in [-0.39, 0.29) is 5.91 Å². The summed E-state index contributed by atoms with van der Waals surface area (Å²) in [5.41, 5.74) is 8.57. The van der Waals surface area contributed by atoms with Gasteiger partial charge in [-0.15, -0.1) is 0 Å². The molecule has 6 N–H and O–H groups in total. The molecular weight excluding hydrogens is 232 g/mol. The number of hydrazine groups is 1. The largest absolute Gasteiger partial charge is 0.370 e. The molecule has 1 aromatic rings. The van der Waals surface area contributed by atoms with Crippen LogP contribution >= 0.6 is 0 Å². The normalized spacial score (nSPS) is 10.1. The second-order valence-electron chi connectivity index (χ2n) is 3.90. The zero-order valence-electron chi connectivity index (χ0n) is 10.6. The van der Waals surface area contributed by atoms with Crippen molar-refractivity contribution < 1.29 is 4.79 Å². The number of rotatable bonds is 8.